The van der Waals surface area contributed by atoms with Crippen molar-refractivity contribution in [2.75, 3.05) is 0 Å². The molecule has 0 fully saturated rings. The summed E-state index contributed by atoms with van der Waals surface area (Å²) in [6.45, 7) is 5.56. The zero-order valence-corrected chi connectivity index (χ0v) is 10.8. The maximum atomic E-state index is 11.9. The van der Waals surface area contributed by atoms with Crippen molar-refractivity contribution in [1.82, 2.24) is 10.9 Å². The number of benzene rings is 1. The number of halogens is 3. The second-order valence-electron chi connectivity index (χ2n) is 4.90. The van der Waals surface area contributed by atoms with Crippen molar-refractivity contribution in [3.63, 3.8) is 0 Å². The Morgan fingerprint density at radius 3 is 2.05 bits per heavy atom. The molecule has 0 heterocycles. The van der Waals surface area contributed by atoms with E-state index in [4.69, 9.17) is 0 Å². The average molecular weight is 276 g/mol. The summed E-state index contributed by atoms with van der Waals surface area (Å²) in [7, 11) is 0. The molecule has 19 heavy (non-hydrogen) atoms. The van der Waals surface area contributed by atoms with Crippen LogP contribution in [0.5, 0.6) is 5.75 Å². The lowest BCUT2D eigenvalue weighted by atomic mass is 10.1. The summed E-state index contributed by atoms with van der Waals surface area (Å²) in [4.78, 5) is 11.7. The summed E-state index contributed by atoms with van der Waals surface area (Å²) in [5.41, 5.74) is 5.13. The SMILES string of the molecule is CC(C)(C)NNC(=O)c1ccc(OC(F)(F)F)cc1. The molecule has 1 rings (SSSR count). The second kappa shape index (κ2) is 5.48. The van der Waals surface area contributed by atoms with E-state index in [1.807, 2.05) is 20.8 Å². The minimum atomic E-state index is -4.74. The van der Waals surface area contributed by atoms with Crippen molar-refractivity contribution >= 4 is 5.91 Å². The van der Waals surface area contributed by atoms with E-state index in [9.17, 15) is 18.0 Å². The predicted octanol–water partition coefficient (Wildman–Crippen LogP) is 2.62. The van der Waals surface area contributed by atoms with Gasteiger partial charge in [-0.05, 0) is 45.0 Å². The van der Waals surface area contributed by atoms with Crippen LogP contribution in [-0.4, -0.2) is 17.8 Å². The highest BCUT2D eigenvalue weighted by molar-refractivity contribution is 5.93. The lowest BCUT2D eigenvalue weighted by molar-refractivity contribution is -0.274. The van der Waals surface area contributed by atoms with Crippen LogP contribution in [0.4, 0.5) is 13.2 Å². The number of carbonyl (C=O) groups excluding carboxylic acids is 1. The molecule has 1 amide bonds. The summed E-state index contributed by atoms with van der Waals surface area (Å²) in [6, 6.07) is 4.67. The summed E-state index contributed by atoms with van der Waals surface area (Å²) in [6.07, 6.45) is -4.74. The van der Waals surface area contributed by atoms with E-state index in [1.165, 1.54) is 12.1 Å². The van der Waals surface area contributed by atoms with Gasteiger partial charge in [0.25, 0.3) is 5.91 Å². The number of carbonyl (C=O) groups is 1. The molecule has 0 spiro atoms. The summed E-state index contributed by atoms with van der Waals surface area (Å²) in [5, 5.41) is 0. The molecule has 0 bridgehead atoms. The third-order valence-electron chi connectivity index (χ3n) is 1.90. The Balaban J connectivity index is 2.63. The highest BCUT2D eigenvalue weighted by Gasteiger charge is 2.31. The normalized spacial score (nSPS) is 12.1. The molecular formula is C12H15F3N2O2. The van der Waals surface area contributed by atoms with Gasteiger partial charge in [0.2, 0.25) is 0 Å². The van der Waals surface area contributed by atoms with Crippen LogP contribution in [0.15, 0.2) is 24.3 Å². The van der Waals surface area contributed by atoms with Gasteiger partial charge in [-0.25, -0.2) is 5.43 Å². The van der Waals surface area contributed by atoms with Gasteiger partial charge in [0.05, 0.1) is 0 Å². The van der Waals surface area contributed by atoms with Crippen LogP contribution in [0.25, 0.3) is 0 Å². The first-order chi connectivity index (χ1) is 8.57. The molecule has 1 aromatic carbocycles. The Morgan fingerprint density at radius 2 is 1.63 bits per heavy atom. The van der Waals surface area contributed by atoms with Crippen LogP contribution in [0.3, 0.4) is 0 Å². The number of rotatable bonds is 3. The molecule has 0 atom stereocenters. The molecule has 106 valence electrons. The minimum Gasteiger partial charge on any atom is -0.406 e. The molecule has 0 unspecified atom stereocenters. The first kappa shape index (κ1) is 15.3. The summed E-state index contributed by atoms with van der Waals surface area (Å²) < 4.78 is 39.5. The zero-order valence-electron chi connectivity index (χ0n) is 10.8. The van der Waals surface area contributed by atoms with Crippen LogP contribution in [0.1, 0.15) is 31.1 Å². The predicted molar refractivity (Wildman–Crippen MR) is 63.5 cm³/mol. The van der Waals surface area contributed by atoms with Crippen molar-refractivity contribution in [2.24, 2.45) is 0 Å². The molecular weight excluding hydrogens is 261 g/mol. The average Bonchev–Trinajstić information content (AvgIpc) is 2.23. The van der Waals surface area contributed by atoms with E-state index in [2.05, 4.69) is 15.6 Å². The number of hydrazine groups is 1. The van der Waals surface area contributed by atoms with Gasteiger partial charge in [-0.3, -0.25) is 10.2 Å². The van der Waals surface area contributed by atoms with Crippen molar-refractivity contribution in [3.05, 3.63) is 29.8 Å². The van der Waals surface area contributed by atoms with Crippen LogP contribution in [-0.2, 0) is 0 Å². The molecule has 4 nitrogen and oxygen atoms in total. The van der Waals surface area contributed by atoms with Crippen molar-refractivity contribution < 1.29 is 22.7 Å². The van der Waals surface area contributed by atoms with Gasteiger partial charge in [0.1, 0.15) is 5.75 Å². The van der Waals surface area contributed by atoms with Crippen LogP contribution in [0.2, 0.25) is 0 Å². The van der Waals surface area contributed by atoms with Gasteiger partial charge in [0.15, 0.2) is 0 Å². The Morgan fingerprint density at radius 1 is 1.11 bits per heavy atom. The topological polar surface area (TPSA) is 50.4 Å². The maximum absolute atomic E-state index is 11.9. The number of hydrogen-bond donors (Lipinski definition) is 2. The Bertz CT molecular complexity index is 436. The highest BCUT2D eigenvalue weighted by atomic mass is 19.4. The van der Waals surface area contributed by atoms with Crippen LogP contribution < -0.4 is 15.6 Å². The van der Waals surface area contributed by atoms with E-state index in [0.29, 0.717) is 0 Å². The summed E-state index contributed by atoms with van der Waals surface area (Å²) >= 11 is 0. The van der Waals surface area contributed by atoms with Gasteiger partial charge in [-0.1, -0.05) is 0 Å². The monoisotopic (exact) mass is 276 g/mol. The molecule has 0 saturated carbocycles. The molecule has 0 saturated heterocycles. The van der Waals surface area contributed by atoms with Crippen LogP contribution in [0, 0.1) is 0 Å². The smallest absolute Gasteiger partial charge is 0.406 e. The number of nitrogens with one attached hydrogen (secondary N) is 2. The van der Waals surface area contributed by atoms with Crippen LogP contribution >= 0.6 is 0 Å². The second-order valence-corrected chi connectivity index (χ2v) is 4.90. The molecule has 7 heteroatoms. The lowest BCUT2D eigenvalue weighted by Gasteiger charge is -2.20. The molecule has 0 aliphatic carbocycles. The lowest BCUT2D eigenvalue weighted by Crippen LogP contribution is -2.48. The van der Waals surface area contributed by atoms with Crippen molar-refractivity contribution in [1.29, 1.82) is 0 Å². The molecule has 0 aromatic heterocycles. The minimum absolute atomic E-state index is 0.228. The molecule has 2 N–H and O–H groups in total. The number of amides is 1. The van der Waals surface area contributed by atoms with Gasteiger partial charge in [-0.15, -0.1) is 13.2 Å². The fourth-order valence-corrected chi connectivity index (χ4v) is 1.12. The van der Waals surface area contributed by atoms with Crippen molar-refractivity contribution in [3.8, 4) is 5.75 Å². The van der Waals surface area contributed by atoms with E-state index in [1.54, 1.807) is 0 Å². The van der Waals surface area contributed by atoms with E-state index in [0.717, 1.165) is 12.1 Å². The molecule has 1 aromatic rings. The van der Waals surface area contributed by atoms with E-state index in [-0.39, 0.29) is 16.9 Å². The van der Waals surface area contributed by atoms with E-state index >= 15 is 0 Å². The molecule has 0 aliphatic heterocycles. The standard InChI is InChI=1S/C12H15F3N2O2/c1-11(2,3)17-16-10(18)8-4-6-9(7-5-8)19-12(13,14)15/h4-7,17H,1-3H3,(H,16,18). The largest absolute Gasteiger partial charge is 0.573 e. The zero-order chi connectivity index (χ0) is 14.7. The quantitative estimate of drug-likeness (QED) is 0.834. The first-order valence-electron chi connectivity index (χ1n) is 5.50. The van der Waals surface area contributed by atoms with Gasteiger partial charge in [0, 0.05) is 11.1 Å². The number of ether oxygens (including phenoxy) is 1. The third-order valence-corrected chi connectivity index (χ3v) is 1.90. The van der Waals surface area contributed by atoms with E-state index < -0.39 is 12.3 Å². The van der Waals surface area contributed by atoms with Gasteiger partial charge < -0.3 is 4.74 Å². The summed E-state index contributed by atoms with van der Waals surface area (Å²) in [5.74, 6) is -0.804. The Hall–Kier alpha value is -1.76. The fraction of sp³-hybridized carbons (Fsp3) is 0.417. The highest BCUT2D eigenvalue weighted by Crippen LogP contribution is 2.22. The Labute approximate surface area is 108 Å². The van der Waals surface area contributed by atoms with Crippen molar-refractivity contribution in [2.45, 2.75) is 32.7 Å². The van der Waals surface area contributed by atoms with Gasteiger partial charge in [-0.2, -0.15) is 0 Å². The fourth-order valence-electron chi connectivity index (χ4n) is 1.12. The molecule has 0 radical (unpaired) electrons. The number of hydrogen-bond acceptors (Lipinski definition) is 3. The molecule has 0 aliphatic rings. The van der Waals surface area contributed by atoms with Gasteiger partial charge >= 0.3 is 6.36 Å². The maximum Gasteiger partial charge on any atom is 0.573 e. The number of alkyl halides is 3. The Kier molecular flexibility index (Phi) is 4.41. The third kappa shape index (κ3) is 6.10. The first-order valence-corrected chi connectivity index (χ1v) is 5.50.